The summed E-state index contributed by atoms with van der Waals surface area (Å²) < 4.78 is 11.4. The summed E-state index contributed by atoms with van der Waals surface area (Å²) in [6, 6.07) is 10.3. The van der Waals surface area contributed by atoms with Crippen molar-refractivity contribution in [2.24, 2.45) is 0 Å². The zero-order valence-corrected chi connectivity index (χ0v) is 17.9. The van der Waals surface area contributed by atoms with Gasteiger partial charge < -0.3 is 9.15 Å². The van der Waals surface area contributed by atoms with Crippen LogP contribution in [0.15, 0.2) is 40.3 Å². The van der Waals surface area contributed by atoms with E-state index in [0.717, 1.165) is 65.3 Å². The number of aryl methyl sites for hydroxylation is 1. The first kappa shape index (κ1) is 19.1. The number of aromatic nitrogens is 4. The molecular weight excluding hydrogens is 398 g/mol. The van der Waals surface area contributed by atoms with E-state index in [1.54, 1.807) is 7.11 Å². The van der Waals surface area contributed by atoms with Crippen LogP contribution in [-0.2, 0) is 6.54 Å². The molecular formula is C22H23N5O2S. The molecule has 0 amide bonds. The lowest BCUT2D eigenvalue weighted by molar-refractivity contribution is 0.117. The molecule has 1 saturated heterocycles. The van der Waals surface area contributed by atoms with E-state index < -0.39 is 0 Å². The van der Waals surface area contributed by atoms with Gasteiger partial charge in [-0.3, -0.25) is 9.88 Å². The maximum absolute atomic E-state index is 6.08. The molecule has 3 aromatic heterocycles. The number of hydrogen-bond acceptors (Lipinski definition) is 8. The van der Waals surface area contributed by atoms with E-state index in [2.05, 4.69) is 32.2 Å². The number of rotatable bonds is 5. The number of ether oxygens (including phenoxy) is 1. The maximum atomic E-state index is 6.08. The van der Waals surface area contributed by atoms with Gasteiger partial charge in [-0.15, -0.1) is 21.5 Å². The van der Waals surface area contributed by atoms with Crippen molar-refractivity contribution in [2.75, 3.05) is 13.7 Å². The molecule has 1 aliphatic rings. The van der Waals surface area contributed by atoms with E-state index in [1.165, 1.54) is 11.3 Å². The van der Waals surface area contributed by atoms with E-state index >= 15 is 0 Å². The van der Waals surface area contributed by atoms with Gasteiger partial charge in [0.2, 0.25) is 5.89 Å². The fraction of sp³-hybridized carbons (Fsp3) is 0.364. The predicted molar refractivity (Wildman–Crippen MR) is 115 cm³/mol. The molecule has 0 aliphatic carbocycles. The van der Waals surface area contributed by atoms with Crippen LogP contribution in [0.1, 0.15) is 42.6 Å². The minimum Gasteiger partial charge on any atom is -0.497 e. The zero-order valence-electron chi connectivity index (χ0n) is 17.0. The fourth-order valence-electron chi connectivity index (χ4n) is 4.00. The Hall–Kier alpha value is -2.84. The number of likely N-dealkylation sites (tertiary alicyclic amines) is 1. The van der Waals surface area contributed by atoms with Crippen LogP contribution in [0, 0.1) is 6.92 Å². The summed E-state index contributed by atoms with van der Waals surface area (Å²) in [6.45, 7) is 3.71. The largest absolute Gasteiger partial charge is 0.497 e. The first-order valence-electron chi connectivity index (χ1n) is 10.1. The van der Waals surface area contributed by atoms with Crippen molar-refractivity contribution in [3.63, 3.8) is 0 Å². The maximum Gasteiger partial charge on any atom is 0.259 e. The van der Waals surface area contributed by atoms with Gasteiger partial charge in [0, 0.05) is 11.9 Å². The average molecular weight is 422 g/mol. The van der Waals surface area contributed by atoms with Crippen molar-refractivity contribution >= 4 is 22.2 Å². The number of methoxy groups -OCH3 is 1. The number of nitrogens with zero attached hydrogens (tertiary/aromatic N) is 5. The third kappa shape index (κ3) is 3.68. The fourth-order valence-corrected chi connectivity index (χ4v) is 4.72. The second-order valence-corrected chi connectivity index (χ2v) is 8.41. The average Bonchev–Trinajstić information content (AvgIpc) is 3.42. The van der Waals surface area contributed by atoms with E-state index in [-0.39, 0.29) is 6.04 Å². The highest BCUT2D eigenvalue weighted by Gasteiger charge is 2.29. The molecule has 0 unspecified atom stereocenters. The van der Waals surface area contributed by atoms with Crippen molar-refractivity contribution < 1.29 is 9.15 Å². The van der Waals surface area contributed by atoms with Gasteiger partial charge in [-0.1, -0.05) is 12.5 Å². The van der Waals surface area contributed by atoms with Crippen LogP contribution in [0.3, 0.4) is 0 Å². The highest BCUT2D eigenvalue weighted by atomic mass is 32.1. The molecule has 1 fully saturated rings. The second-order valence-electron chi connectivity index (χ2n) is 7.56. The van der Waals surface area contributed by atoms with Gasteiger partial charge in [0.15, 0.2) is 0 Å². The van der Waals surface area contributed by atoms with E-state index in [0.29, 0.717) is 11.8 Å². The summed E-state index contributed by atoms with van der Waals surface area (Å²) in [5, 5.41) is 9.76. The first-order valence-corrected chi connectivity index (χ1v) is 11.0. The standard InChI is InChI=1S/C22H23N5O2S/c1-14-20(30-13-23-14)22-26-25-21(29-22)19-5-3-4-10-27(19)12-16-7-6-15-11-17(28-2)8-9-18(15)24-16/h6-9,11,13,19H,3-5,10,12H2,1-2H3/t19-/m1/s1. The van der Waals surface area contributed by atoms with Crippen LogP contribution < -0.4 is 4.74 Å². The van der Waals surface area contributed by atoms with Crippen molar-refractivity contribution in [1.29, 1.82) is 0 Å². The molecule has 7 nitrogen and oxygen atoms in total. The number of piperidine rings is 1. The molecule has 4 aromatic rings. The number of hydrogen-bond donors (Lipinski definition) is 0. The third-order valence-electron chi connectivity index (χ3n) is 5.60. The Morgan fingerprint density at radius 3 is 2.97 bits per heavy atom. The van der Waals surface area contributed by atoms with E-state index in [1.807, 2.05) is 30.6 Å². The van der Waals surface area contributed by atoms with Crippen molar-refractivity contribution in [3.05, 3.63) is 53.1 Å². The van der Waals surface area contributed by atoms with Gasteiger partial charge in [-0.05, 0) is 50.6 Å². The normalized spacial score (nSPS) is 17.5. The lowest BCUT2D eigenvalue weighted by Gasteiger charge is -2.33. The SMILES string of the molecule is COc1ccc2nc(CN3CCCC[C@@H]3c3nnc(-c4scnc4C)o3)ccc2c1. The highest BCUT2D eigenvalue weighted by Crippen LogP contribution is 2.34. The highest BCUT2D eigenvalue weighted by molar-refractivity contribution is 7.13. The monoisotopic (exact) mass is 421 g/mol. The molecule has 0 spiro atoms. The van der Waals surface area contributed by atoms with E-state index in [9.17, 15) is 0 Å². The van der Waals surface area contributed by atoms with Crippen LogP contribution in [0.5, 0.6) is 5.75 Å². The van der Waals surface area contributed by atoms with Crippen LogP contribution in [0.25, 0.3) is 21.7 Å². The second kappa shape index (κ2) is 8.12. The molecule has 1 aromatic carbocycles. The lowest BCUT2D eigenvalue weighted by atomic mass is 10.0. The number of fused-ring (bicyclic) bond motifs is 1. The summed E-state index contributed by atoms with van der Waals surface area (Å²) in [5.41, 5.74) is 4.75. The van der Waals surface area contributed by atoms with Gasteiger partial charge in [0.05, 0.1) is 35.6 Å². The number of pyridine rings is 1. The van der Waals surface area contributed by atoms with Gasteiger partial charge in [-0.2, -0.15) is 0 Å². The van der Waals surface area contributed by atoms with Crippen molar-refractivity contribution in [3.8, 4) is 16.5 Å². The lowest BCUT2D eigenvalue weighted by Crippen LogP contribution is -2.33. The predicted octanol–water partition coefficient (Wildman–Crippen LogP) is 4.79. The molecule has 0 saturated carbocycles. The third-order valence-corrected chi connectivity index (χ3v) is 6.51. The number of benzene rings is 1. The van der Waals surface area contributed by atoms with Gasteiger partial charge in [0.25, 0.3) is 5.89 Å². The van der Waals surface area contributed by atoms with Crippen LogP contribution in [0.4, 0.5) is 0 Å². The van der Waals surface area contributed by atoms with Crippen molar-refractivity contribution in [2.45, 2.75) is 38.8 Å². The Kier molecular flexibility index (Phi) is 5.18. The topological polar surface area (TPSA) is 77.2 Å². The van der Waals surface area contributed by atoms with Crippen LogP contribution in [-0.4, -0.2) is 38.7 Å². The summed E-state index contributed by atoms with van der Waals surface area (Å²) in [5.74, 6) is 2.09. The molecule has 0 N–H and O–H groups in total. The Labute approximate surface area is 178 Å². The van der Waals surface area contributed by atoms with Gasteiger partial charge in [-0.25, -0.2) is 4.98 Å². The van der Waals surface area contributed by atoms with Crippen LogP contribution >= 0.6 is 11.3 Å². The Morgan fingerprint density at radius 2 is 2.13 bits per heavy atom. The molecule has 0 bridgehead atoms. The number of thiazole rings is 1. The Morgan fingerprint density at radius 1 is 1.20 bits per heavy atom. The van der Waals surface area contributed by atoms with Crippen molar-refractivity contribution in [1.82, 2.24) is 25.1 Å². The molecule has 5 rings (SSSR count). The van der Waals surface area contributed by atoms with Gasteiger partial charge >= 0.3 is 0 Å². The summed E-state index contributed by atoms with van der Waals surface area (Å²) in [4.78, 5) is 12.5. The molecule has 0 radical (unpaired) electrons. The van der Waals surface area contributed by atoms with Crippen LogP contribution in [0.2, 0.25) is 0 Å². The van der Waals surface area contributed by atoms with E-state index in [4.69, 9.17) is 14.1 Å². The molecule has 4 heterocycles. The Bertz CT molecular complexity index is 1170. The summed E-state index contributed by atoms with van der Waals surface area (Å²) in [7, 11) is 1.68. The minimum absolute atomic E-state index is 0.113. The van der Waals surface area contributed by atoms with Gasteiger partial charge in [0.1, 0.15) is 10.6 Å². The molecule has 1 atom stereocenters. The smallest absolute Gasteiger partial charge is 0.259 e. The minimum atomic E-state index is 0.113. The summed E-state index contributed by atoms with van der Waals surface area (Å²) >= 11 is 1.53. The quantitative estimate of drug-likeness (QED) is 0.459. The molecule has 1 aliphatic heterocycles. The molecule has 154 valence electrons. The Balaban J connectivity index is 1.39. The summed E-state index contributed by atoms with van der Waals surface area (Å²) in [6.07, 6.45) is 3.33. The zero-order chi connectivity index (χ0) is 20.5. The molecule has 30 heavy (non-hydrogen) atoms. The molecule has 8 heteroatoms. The first-order chi connectivity index (χ1) is 14.7.